The first-order valence-electron chi connectivity index (χ1n) is 5.49. The minimum atomic E-state index is -0.463. The van der Waals surface area contributed by atoms with Crippen molar-refractivity contribution in [2.75, 3.05) is 6.61 Å². The van der Waals surface area contributed by atoms with Gasteiger partial charge < -0.3 is 4.74 Å². The molecule has 0 saturated heterocycles. The van der Waals surface area contributed by atoms with Gasteiger partial charge in [-0.25, -0.2) is 4.79 Å². The van der Waals surface area contributed by atoms with Crippen LogP contribution in [0.2, 0.25) is 5.02 Å². The lowest BCUT2D eigenvalue weighted by Gasteiger charge is -1.99. The molecule has 1 aromatic carbocycles. The molecule has 2 rings (SSSR count). The molecule has 0 aliphatic rings. The third-order valence-electron chi connectivity index (χ3n) is 2.31. The van der Waals surface area contributed by atoms with Gasteiger partial charge in [0.15, 0.2) is 5.69 Å². The van der Waals surface area contributed by atoms with Crippen molar-refractivity contribution < 1.29 is 9.53 Å². The molecule has 0 spiro atoms. The van der Waals surface area contributed by atoms with E-state index in [1.54, 1.807) is 38.1 Å². The zero-order chi connectivity index (χ0) is 13.1. The summed E-state index contributed by atoms with van der Waals surface area (Å²) in [5.74, 6) is -0.463. The topological polar surface area (TPSA) is 57.0 Å². The van der Waals surface area contributed by atoms with Crippen molar-refractivity contribution >= 4 is 17.6 Å². The number of benzene rings is 1. The molecule has 0 saturated carbocycles. The third kappa shape index (κ3) is 2.51. The summed E-state index contributed by atoms with van der Waals surface area (Å²) in [6, 6.07) is 7.02. The first-order valence-corrected chi connectivity index (χ1v) is 5.86. The summed E-state index contributed by atoms with van der Waals surface area (Å²) in [7, 11) is 0. The Hall–Kier alpha value is -1.88. The van der Waals surface area contributed by atoms with Gasteiger partial charge in [0, 0.05) is 5.02 Å². The van der Waals surface area contributed by atoms with E-state index in [4.69, 9.17) is 16.3 Å². The molecule has 0 radical (unpaired) electrons. The van der Waals surface area contributed by atoms with Gasteiger partial charge in [-0.05, 0) is 38.1 Å². The number of carbonyl (C=O) groups is 1. The van der Waals surface area contributed by atoms with Crippen LogP contribution in [0.15, 0.2) is 24.3 Å². The maximum Gasteiger partial charge on any atom is 0.360 e. The summed E-state index contributed by atoms with van der Waals surface area (Å²) in [5, 5.41) is 8.92. The predicted molar refractivity (Wildman–Crippen MR) is 67.1 cm³/mol. The van der Waals surface area contributed by atoms with Gasteiger partial charge in [-0.1, -0.05) is 11.6 Å². The van der Waals surface area contributed by atoms with Crippen molar-refractivity contribution in [2.45, 2.75) is 13.8 Å². The molecule has 1 heterocycles. The SMILES string of the molecule is CCOC(=O)c1nn(-c2ccc(Cl)cc2)nc1C. The van der Waals surface area contributed by atoms with Gasteiger partial charge in [0.2, 0.25) is 0 Å². The van der Waals surface area contributed by atoms with Crippen LogP contribution in [-0.4, -0.2) is 27.6 Å². The molecule has 0 N–H and O–H groups in total. The first kappa shape index (κ1) is 12.6. The standard InChI is InChI=1S/C12H12ClN3O2/c1-3-18-12(17)11-8(2)14-16(15-11)10-6-4-9(13)5-7-10/h4-7H,3H2,1-2H3. The number of carbonyl (C=O) groups excluding carboxylic acids is 1. The summed E-state index contributed by atoms with van der Waals surface area (Å²) >= 11 is 5.80. The molecule has 0 bridgehead atoms. The molecule has 0 amide bonds. The van der Waals surface area contributed by atoms with Gasteiger partial charge in [-0.3, -0.25) is 0 Å². The summed E-state index contributed by atoms with van der Waals surface area (Å²) in [5.41, 5.74) is 1.49. The highest BCUT2D eigenvalue weighted by Crippen LogP contribution is 2.13. The fourth-order valence-electron chi connectivity index (χ4n) is 1.46. The van der Waals surface area contributed by atoms with Crippen molar-refractivity contribution in [1.82, 2.24) is 15.0 Å². The number of hydrogen-bond donors (Lipinski definition) is 0. The molecular formula is C12H12ClN3O2. The molecule has 1 aromatic heterocycles. The summed E-state index contributed by atoms with van der Waals surface area (Å²) in [4.78, 5) is 13.0. The molecule has 2 aromatic rings. The fourth-order valence-corrected chi connectivity index (χ4v) is 1.58. The molecule has 0 aliphatic heterocycles. The Balaban J connectivity index is 2.34. The van der Waals surface area contributed by atoms with Crippen LogP contribution in [-0.2, 0) is 4.74 Å². The zero-order valence-electron chi connectivity index (χ0n) is 10.1. The minimum Gasteiger partial charge on any atom is -0.461 e. The molecule has 0 unspecified atom stereocenters. The number of aryl methyl sites for hydroxylation is 1. The smallest absolute Gasteiger partial charge is 0.360 e. The summed E-state index contributed by atoms with van der Waals surface area (Å²) in [6.45, 7) is 3.77. The van der Waals surface area contributed by atoms with Crippen LogP contribution in [0.5, 0.6) is 0 Å². The fraction of sp³-hybridized carbons (Fsp3) is 0.250. The molecule has 0 aliphatic carbocycles. The van der Waals surface area contributed by atoms with Gasteiger partial charge in [0.25, 0.3) is 0 Å². The molecule has 18 heavy (non-hydrogen) atoms. The van der Waals surface area contributed by atoms with Crippen LogP contribution >= 0.6 is 11.6 Å². The van der Waals surface area contributed by atoms with Crippen molar-refractivity contribution in [1.29, 1.82) is 0 Å². The quantitative estimate of drug-likeness (QED) is 0.800. The molecule has 0 atom stereocenters. The van der Waals surface area contributed by atoms with E-state index in [1.165, 1.54) is 4.80 Å². The van der Waals surface area contributed by atoms with E-state index < -0.39 is 5.97 Å². The van der Waals surface area contributed by atoms with Crippen molar-refractivity contribution in [3.05, 3.63) is 40.7 Å². The van der Waals surface area contributed by atoms with E-state index in [0.717, 1.165) is 5.69 Å². The zero-order valence-corrected chi connectivity index (χ0v) is 10.8. The van der Waals surface area contributed by atoms with E-state index in [2.05, 4.69) is 10.2 Å². The average molecular weight is 266 g/mol. The Bertz CT molecular complexity index is 563. The van der Waals surface area contributed by atoms with Crippen LogP contribution in [0.1, 0.15) is 23.1 Å². The normalized spacial score (nSPS) is 10.4. The second kappa shape index (κ2) is 5.18. The third-order valence-corrected chi connectivity index (χ3v) is 2.56. The average Bonchev–Trinajstić information content (AvgIpc) is 2.72. The van der Waals surface area contributed by atoms with Gasteiger partial charge in [0.1, 0.15) is 0 Å². The van der Waals surface area contributed by atoms with Gasteiger partial charge in [-0.2, -0.15) is 9.90 Å². The van der Waals surface area contributed by atoms with E-state index >= 15 is 0 Å². The Morgan fingerprint density at radius 2 is 2.00 bits per heavy atom. The Morgan fingerprint density at radius 1 is 1.33 bits per heavy atom. The number of aromatic nitrogens is 3. The van der Waals surface area contributed by atoms with Gasteiger partial charge in [0.05, 0.1) is 18.0 Å². The molecule has 6 heteroatoms. The largest absolute Gasteiger partial charge is 0.461 e. The lowest BCUT2D eigenvalue weighted by atomic mass is 10.3. The van der Waals surface area contributed by atoms with Crippen molar-refractivity contribution in [3.63, 3.8) is 0 Å². The second-order valence-corrected chi connectivity index (χ2v) is 4.06. The van der Waals surface area contributed by atoms with Crippen LogP contribution < -0.4 is 0 Å². The maximum atomic E-state index is 11.6. The van der Waals surface area contributed by atoms with Crippen molar-refractivity contribution in [2.24, 2.45) is 0 Å². The number of rotatable bonds is 3. The highest BCUT2D eigenvalue weighted by Gasteiger charge is 2.17. The van der Waals surface area contributed by atoms with Crippen LogP contribution in [0.25, 0.3) is 5.69 Å². The number of ether oxygens (including phenoxy) is 1. The summed E-state index contributed by atoms with van der Waals surface area (Å²) in [6.07, 6.45) is 0. The number of esters is 1. The highest BCUT2D eigenvalue weighted by atomic mass is 35.5. The number of hydrogen-bond acceptors (Lipinski definition) is 4. The van der Waals surface area contributed by atoms with Crippen LogP contribution in [0, 0.1) is 6.92 Å². The summed E-state index contributed by atoms with van der Waals surface area (Å²) < 4.78 is 4.90. The van der Waals surface area contributed by atoms with Crippen molar-refractivity contribution in [3.8, 4) is 5.69 Å². The Labute approximate surface area is 109 Å². The van der Waals surface area contributed by atoms with E-state index in [-0.39, 0.29) is 5.69 Å². The van der Waals surface area contributed by atoms with E-state index in [0.29, 0.717) is 17.3 Å². The molecule has 5 nitrogen and oxygen atoms in total. The van der Waals surface area contributed by atoms with E-state index in [9.17, 15) is 4.79 Å². The predicted octanol–water partition coefficient (Wildman–Crippen LogP) is 2.41. The van der Waals surface area contributed by atoms with Crippen LogP contribution in [0.4, 0.5) is 0 Å². The highest BCUT2D eigenvalue weighted by molar-refractivity contribution is 6.30. The van der Waals surface area contributed by atoms with Crippen LogP contribution in [0.3, 0.4) is 0 Å². The lowest BCUT2D eigenvalue weighted by molar-refractivity contribution is 0.0518. The number of halogens is 1. The Morgan fingerprint density at radius 3 is 2.61 bits per heavy atom. The van der Waals surface area contributed by atoms with Gasteiger partial charge >= 0.3 is 5.97 Å². The molecular weight excluding hydrogens is 254 g/mol. The van der Waals surface area contributed by atoms with Gasteiger partial charge in [-0.15, -0.1) is 5.10 Å². The number of nitrogens with zero attached hydrogens (tertiary/aromatic N) is 3. The van der Waals surface area contributed by atoms with E-state index in [1.807, 2.05) is 0 Å². The minimum absolute atomic E-state index is 0.229. The second-order valence-electron chi connectivity index (χ2n) is 3.62. The lowest BCUT2D eigenvalue weighted by Crippen LogP contribution is -2.07. The first-order chi connectivity index (χ1) is 8.61. The monoisotopic (exact) mass is 265 g/mol. The Kier molecular flexibility index (Phi) is 3.62. The molecule has 94 valence electrons. The molecule has 0 fully saturated rings. The maximum absolute atomic E-state index is 11.6.